The highest BCUT2D eigenvalue weighted by atomic mass is 16.5. The van der Waals surface area contributed by atoms with Crippen LogP contribution in [-0.2, 0) is 16.9 Å². The Morgan fingerprint density at radius 2 is 1.81 bits per heavy atom. The normalized spacial score (nSPS) is 15.3. The van der Waals surface area contributed by atoms with Crippen LogP contribution in [0, 0.1) is 11.8 Å². The van der Waals surface area contributed by atoms with Gasteiger partial charge in [-0.05, 0) is 49.2 Å². The molecule has 0 bridgehead atoms. The summed E-state index contributed by atoms with van der Waals surface area (Å²) in [7, 11) is 0. The van der Waals surface area contributed by atoms with E-state index in [1.54, 1.807) is 0 Å². The van der Waals surface area contributed by atoms with Gasteiger partial charge in [-0.2, -0.15) is 0 Å². The second-order valence-electron chi connectivity index (χ2n) is 6.58. The molecule has 0 aromatic heterocycles. The number of rotatable bonds is 4. The molecule has 3 N–H and O–H groups in total. The zero-order valence-corrected chi connectivity index (χ0v) is 15.2. The molecule has 0 aliphatic carbocycles. The third kappa shape index (κ3) is 5.58. The first-order valence-electron chi connectivity index (χ1n) is 9.13. The van der Waals surface area contributed by atoms with Crippen LogP contribution in [0.4, 0.5) is 4.79 Å². The quantitative estimate of drug-likeness (QED) is 0.729. The van der Waals surface area contributed by atoms with Crippen LogP contribution in [0.5, 0.6) is 0 Å². The predicted molar refractivity (Wildman–Crippen MR) is 104 cm³/mol. The van der Waals surface area contributed by atoms with Crippen LogP contribution in [-0.4, -0.2) is 30.8 Å². The van der Waals surface area contributed by atoms with Crippen molar-refractivity contribution < 1.29 is 14.6 Å². The van der Waals surface area contributed by atoms with Crippen molar-refractivity contribution in [3.8, 4) is 11.8 Å². The fourth-order valence-electron chi connectivity index (χ4n) is 3.03. The molecular formula is C22H24N2O3. The molecule has 1 heterocycles. The van der Waals surface area contributed by atoms with Gasteiger partial charge in [-0.25, -0.2) is 4.79 Å². The number of hydrogen-bond acceptors (Lipinski definition) is 4. The van der Waals surface area contributed by atoms with E-state index >= 15 is 0 Å². The molecule has 140 valence electrons. The van der Waals surface area contributed by atoms with E-state index < -0.39 is 11.7 Å². The van der Waals surface area contributed by atoms with Crippen molar-refractivity contribution in [3.63, 3.8) is 0 Å². The van der Waals surface area contributed by atoms with Crippen LogP contribution in [0.25, 0.3) is 0 Å². The second-order valence-corrected chi connectivity index (χ2v) is 6.58. The SMILES string of the molecule is O=C(NCC#Cc1ccc(C2(O)CCNCC2)cc1)OCc1ccccc1. The first-order chi connectivity index (χ1) is 13.2. The van der Waals surface area contributed by atoms with Crippen LogP contribution >= 0.6 is 0 Å². The van der Waals surface area contributed by atoms with E-state index in [1.807, 2.05) is 54.6 Å². The van der Waals surface area contributed by atoms with E-state index in [4.69, 9.17) is 4.74 Å². The van der Waals surface area contributed by atoms with Gasteiger partial charge in [0.25, 0.3) is 0 Å². The molecule has 1 aliphatic rings. The molecule has 3 rings (SSSR count). The number of nitrogens with one attached hydrogen (secondary N) is 2. The minimum atomic E-state index is -0.749. The molecule has 27 heavy (non-hydrogen) atoms. The number of amides is 1. The molecule has 0 radical (unpaired) electrons. The summed E-state index contributed by atoms with van der Waals surface area (Å²) in [5.74, 6) is 5.91. The number of aliphatic hydroxyl groups is 1. The lowest BCUT2D eigenvalue weighted by molar-refractivity contribution is 0.00594. The summed E-state index contributed by atoms with van der Waals surface area (Å²) >= 11 is 0. The van der Waals surface area contributed by atoms with Crippen molar-refractivity contribution in [3.05, 3.63) is 71.3 Å². The maximum Gasteiger partial charge on any atom is 0.408 e. The second kappa shape index (κ2) is 9.22. The Bertz CT molecular complexity index is 801. The zero-order chi connectivity index (χ0) is 19.0. The Morgan fingerprint density at radius 1 is 1.11 bits per heavy atom. The largest absolute Gasteiger partial charge is 0.445 e. The third-order valence-corrected chi connectivity index (χ3v) is 4.62. The van der Waals surface area contributed by atoms with Gasteiger partial charge >= 0.3 is 6.09 Å². The monoisotopic (exact) mass is 364 g/mol. The number of benzene rings is 2. The smallest absolute Gasteiger partial charge is 0.408 e. The number of ether oxygens (including phenoxy) is 1. The average molecular weight is 364 g/mol. The minimum absolute atomic E-state index is 0.213. The van der Waals surface area contributed by atoms with Crippen LogP contribution < -0.4 is 10.6 Å². The summed E-state index contributed by atoms with van der Waals surface area (Å²) < 4.78 is 5.12. The highest BCUT2D eigenvalue weighted by Gasteiger charge is 2.30. The fourth-order valence-corrected chi connectivity index (χ4v) is 3.03. The Hall–Kier alpha value is -2.81. The van der Waals surface area contributed by atoms with E-state index in [-0.39, 0.29) is 13.2 Å². The minimum Gasteiger partial charge on any atom is -0.445 e. The zero-order valence-electron chi connectivity index (χ0n) is 15.2. The molecule has 0 unspecified atom stereocenters. The van der Waals surface area contributed by atoms with Gasteiger partial charge in [0.2, 0.25) is 0 Å². The Kier molecular flexibility index (Phi) is 6.48. The molecule has 0 atom stereocenters. The van der Waals surface area contributed by atoms with Gasteiger partial charge in [0.15, 0.2) is 0 Å². The maximum atomic E-state index is 11.6. The average Bonchev–Trinajstić information content (AvgIpc) is 2.71. The highest BCUT2D eigenvalue weighted by molar-refractivity contribution is 5.67. The van der Waals surface area contributed by atoms with Crippen molar-refractivity contribution >= 4 is 6.09 Å². The number of piperidine rings is 1. The Labute approximate surface area is 159 Å². The van der Waals surface area contributed by atoms with Crippen LogP contribution in [0.3, 0.4) is 0 Å². The lowest BCUT2D eigenvalue weighted by atomic mass is 9.85. The fraction of sp³-hybridized carbons (Fsp3) is 0.318. The van der Waals surface area contributed by atoms with Crippen molar-refractivity contribution in [2.75, 3.05) is 19.6 Å². The van der Waals surface area contributed by atoms with Gasteiger partial charge in [0, 0.05) is 5.56 Å². The van der Waals surface area contributed by atoms with Crippen molar-refractivity contribution in [1.29, 1.82) is 0 Å². The molecule has 2 aromatic rings. The van der Waals surface area contributed by atoms with E-state index in [1.165, 1.54) is 0 Å². The standard InChI is InChI=1S/C22H24N2O3/c25-21(27-17-19-5-2-1-3-6-19)24-14-4-7-18-8-10-20(11-9-18)22(26)12-15-23-16-13-22/h1-3,5-6,8-11,23,26H,12-17H2,(H,24,25). The molecule has 5 nitrogen and oxygen atoms in total. The van der Waals surface area contributed by atoms with Gasteiger partial charge in [-0.1, -0.05) is 54.3 Å². The molecule has 1 aliphatic heterocycles. The van der Waals surface area contributed by atoms with Gasteiger partial charge in [-0.15, -0.1) is 0 Å². The summed E-state index contributed by atoms with van der Waals surface area (Å²) in [5.41, 5.74) is 1.96. The number of carbonyl (C=O) groups is 1. The third-order valence-electron chi connectivity index (χ3n) is 4.62. The first kappa shape index (κ1) is 19.0. The molecule has 0 saturated carbocycles. The first-order valence-corrected chi connectivity index (χ1v) is 9.13. The number of alkyl carbamates (subject to hydrolysis) is 1. The summed E-state index contributed by atoms with van der Waals surface area (Å²) in [5, 5.41) is 16.6. The van der Waals surface area contributed by atoms with Crippen LogP contribution in [0.1, 0.15) is 29.5 Å². The molecule has 1 amide bonds. The number of carbonyl (C=O) groups excluding carboxylic acids is 1. The lowest BCUT2D eigenvalue weighted by Gasteiger charge is -2.33. The molecule has 5 heteroatoms. The maximum absolute atomic E-state index is 11.6. The van der Waals surface area contributed by atoms with Crippen molar-refractivity contribution in [2.24, 2.45) is 0 Å². The highest BCUT2D eigenvalue weighted by Crippen LogP contribution is 2.30. The van der Waals surface area contributed by atoms with Gasteiger partial charge < -0.3 is 20.5 Å². The van der Waals surface area contributed by atoms with Crippen molar-refractivity contribution in [2.45, 2.75) is 25.0 Å². The summed E-state index contributed by atoms with van der Waals surface area (Å²) in [4.78, 5) is 11.6. The summed E-state index contributed by atoms with van der Waals surface area (Å²) in [6.07, 6.45) is 0.941. The van der Waals surface area contributed by atoms with Crippen molar-refractivity contribution in [1.82, 2.24) is 10.6 Å². The van der Waals surface area contributed by atoms with E-state index in [2.05, 4.69) is 22.5 Å². The molecule has 1 saturated heterocycles. The molecule has 1 fully saturated rings. The number of hydrogen-bond donors (Lipinski definition) is 3. The lowest BCUT2D eigenvalue weighted by Crippen LogP contribution is -2.39. The summed E-state index contributed by atoms with van der Waals surface area (Å²) in [6.45, 7) is 2.10. The van der Waals surface area contributed by atoms with Gasteiger partial charge in [-0.3, -0.25) is 0 Å². The van der Waals surface area contributed by atoms with E-state index in [0.717, 1.165) is 29.8 Å². The summed E-state index contributed by atoms with van der Waals surface area (Å²) in [6, 6.07) is 17.2. The molecule has 2 aromatic carbocycles. The molecule has 0 spiro atoms. The van der Waals surface area contributed by atoms with Crippen LogP contribution in [0.2, 0.25) is 0 Å². The van der Waals surface area contributed by atoms with Gasteiger partial charge in [0.1, 0.15) is 6.61 Å². The Morgan fingerprint density at radius 3 is 2.52 bits per heavy atom. The van der Waals surface area contributed by atoms with Gasteiger partial charge in [0.05, 0.1) is 12.1 Å². The molecular weight excluding hydrogens is 340 g/mol. The van der Waals surface area contributed by atoms with E-state index in [0.29, 0.717) is 12.8 Å². The van der Waals surface area contributed by atoms with E-state index in [9.17, 15) is 9.90 Å². The Balaban J connectivity index is 1.44. The topological polar surface area (TPSA) is 70.6 Å². The predicted octanol–water partition coefficient (Wildman–Crippen LogP) is 2.54. The van der Waals surface area contributed by atoms with Crippen LogP contribution in [0.15, 0.2) is 54.6 Å².